The highest BCUT2D eigenvalue weighted by Crippen LogP contribution is 2.51. The first kappa shape index (κ1) is 16.4. The normalized spacial score (nSPS) is 33.9. The third kappa shape index (κ3) is 3.46. The molecule has 1 saturated carbocycles. The molecule has 120 valence electrons. The lowest BCUT2D eigenvalue weighted by molar-refractivity contribution is -0.183. The van der Waals surface area contributed by atoms with E-state index < -0.39 is 5.97 Å². The molecular weight excluding hydrogens is 272 g/mol. The topological polar surface area (TPSA) is 61.8 Å². The monoisotopic (exact) mass is 298 g/mol. The van der Waals surface area contributed by atoms with Crippen LogP contribution in [0.5, 0.6) is 0 Å². The second-order valence-electron chi connectivity index (χ2n) is 6.46. The maximum absolute atomic E-state index is 12.1. The summed E-state index contributed by atoms with van der Waals surface area (Å²) in [5.74, 6) is 0.121. The second kappa shape index (κ2) is 6.88. The van der Waals surface area contributed by atoms with E-state index in [-0.39, 0.29) is 29.8 Å². The Hall–Kier alpha value is -0.940. The van der Waals surface area contributed by atoms with Crippen molar-refractivity contribution in [1.82, 2.24) is 0 Å². The van der Waals surface area contributed by atoms with E-state index in [9.17, 15) is 9.59 Å². The second-order valence-corrected chi connectivity index (χ2v) is 6.46. The number of rotatable bonds is 5. The Morgan fingerprint density at radius 1 is 1.24 bits per heavy atom. The fourth-order valence-corrected chi connectivity index (χ4v) is 3.74. The van der Waals surface area contributed by atoms with Crippen LogP contribution in [0, 0.1) is 17.3 Å². The first-order chi connectivity index (χ1) is 9.98. The van der Waals surface area contributed by atoms with Crippen LogP contribution in [0.15, 0.2) is 0 Å². The Bertz CT molecular complexity index is 388. The van der Waals surface area contributed by atoms with Gasteiger partial charge in [-0.15, -0.1) is 0 Å². The van der Waals surface area contributed by atoms with Crippen molar-refractivity contribution in [3.8, 4) is 0 Å². The van der Waals surface area contributed by atoms with Crippen LogP contribution in [0.2, 0.25) is 0 Å². The summed E-state index contributed by atoms with van der Waals surface area (Å²) < 4.78 is 16.1. The predicted octanol–water partition coefficient (Wildman–Crippen LogP) is 2.32. The van der Waals surface area contributed by atoms with Gasteiger partial charge in [-0.05, 0) is 24.7 Å². The molecule has 1 aliphatic carbocycles. The van der Waals surface area contributed by atoms with Crippen LogP contribution in [-0.4, -0.2) is 38.4 Å². The molecule has 0 bridgehead atoms. The lowest BCUT2D eigenvalue weighted by atomic mass is 9.60. The fourth-order valence-electron chi connectivity index (χ4n) is 3.74. The number of esters is 1. The van der Waals surface area contributed by atoms with Gasteiger partial charge in [0.1, 0.15) is 12.2 Å². The van der Waals surface area contributed by atoms with Crippen LogP contribution in [0.25, 0.3) is 0 Å². The molecule has 1 saturated heterocycles. The zero-order valence-electron chi connectivity index (χ0n) is 13.2. The zero-order chi connectivity index (χ0) is 15.5. The van der Waals surface area contributed by atoms with Crippen LogP contribution in [-0.2, 0) is 23.8 Å². The number of ketones is 1. The summed E-state index contributed by atoms with van der Waals surface area (Å²) in [7, 11) is 1.31. The average Bonchev–Trinajstić information content (AvgIpc) is 2.98. The zero-order valence-corrected chi connectivity index (χ0v) is 13.2. The standard InChI is InChI=1S/C16H26O5/c1-11-5-4-6-12(9-13(17)10-14(18)19-3)16(11,2)15-20-7-8-21-15/h11-12,15H,4-10H2,1-3H3/t11-,12+,16+/m0/s1. The van der Waals surface area contributed by atoms with Crippen LogP contribution >= 0.6 is 0 Å². The van der Waals surface area contributed by atoms with Crippen molar-refractivity contribution >= 4 is 11.8 Å². The van der Waals surface area contributed by atoms with E-state index in [0.717, 1.165) is 19.3 Å². The van der Waals surface area contributed by atoms with E-state index in [1.165, 1.54) is 7.11 Å². The maximum atomic E-state index is 12.1. The largest absolute Gasteiger partial charge is 0.469 e. The third-order valence-corrected chi connectivity index (χ3v) is 5.30. The number of Topliss-reactive ketones (excluding diaryl/α,β-unsaturated/α-hetero) is 1. The SMILES string of the molecule is COC(=O)CC(=O)C[C@H]1CCC[C@H](C)[C@@]1(C)C1OCCO1. The third-order valence-electron chi connectivity index (χ3n) is 5.30. The first-order valence-electron chi connectivity index (χ1n) is 7.80. The van der Waals surface area contributed by atoms with E-state index in [2.05, 4.69) is 18.6 Å². The summed E-state index contributed by atoms with van der Waals surface area (Å²) in [6, 6.07) is 0. The van der Waals surface area contributed by atoms with Gasteiger partial charge in [0.05, 0.1) is 20.3 Å². The maximum Gasteiger partial charge on any atom is 0.313 e. The minimum absolute atomic E-state index is 0.0508. The van der Waals surface area contributed by atoms with Gasteiger partial charge in [0, 0.05) is 11.8 Å². The molecule has 0 amide bonds. The Kier molecular flexibility index (Phi) is 5.38. The molecule has 3 atom stereocenters. The van der Waals surface area contributed by atoms with E-state index in [0.29, 0.717) is 25.6 Å². The van der Waals surface area contributed by atoms with Crippen molar-refractivity contribution in [1.29, 1.82) is 0 Å². The summed E-state index contributed by atoms with van der Waals surface area (Å²) in [5, 5.41) is 0. The van der Waals surface area contributed by atoms with Gasteiger partial charge in [0.2, 0.25) is 0 Å². The smallest absolute Gasteiger partial charge is 0.313 e. The minimum atomic E-state index is -0.459. The van der Waals surface area contributed by atoms with Crippen molar-refractivity contribution in [3.05, 3.63) is 0 Å². The molecular formula is C16H26O5. The minimum Gasteiger partial charge on any atom is -0.469 e. The number of methoxy groups -OCH3 is 1. The Morgan fingerprint density at radius 2 is 1.90 bits per heavy atom. The van der Waals surface area contributed by atoms with Gasteiger partial charge in [-0.3, -0.25) is 9.59 Å². The molecule has 0 spiro atoms. The van der Waals surface area contributed by atoms with Gasteiger partial charge < -0.3 is 14.2 Å². The lowest BCUT2D eigenvalue weighted by Crippen LogP contribution is -2.48. The van der Waals surface area contributed by atoms with Crippen molar-refractivity contribution in [2.75, 3.05) is 20.3 Å². The highest BCUT2D eigenvalue weighted by Gasteiger charge is 2.50. The van der Waals surface area contributed by atoms with Gasteiger partial charge >= 0.3 is 5.97 Å². The molecule has 0 unspecified atom stereocenters. The molecule has 2 aliphatic rings. The lowest BCUT2D eigenvalue weighted by Gasteiger charge is -2.48. The molecule has 1 aliphatic heterocycles. The number of carbonyl (C=O) groups excluding carboxylic acids is 2. The highest BCUT2D eigenvalue weighted by atomic mass is 16.7. The summed E-state index contributed by atoms with van der Waals surface area (Å²) in [4.78, 5) is 23.4. The van der Waals surface area contributed by atoms with Gasteiger partial charge in [-0.2, -0.15) is 0 Å². The molecule has 5 heteroatoms. The predicted molar refractivity (Wildman–Crippen MR) is 76.6 cm³/mol. The molecule has 0 aromatic carbocycles. The summed E-state index contributed by atoms with van der Waals surface area (Å²) in [6.07, 6.45) is 3.25. The molecule has 21 heavy (non-hydrogen) atoms. The van der Waals surface area contributed by atoms with Gasteiger partial charge in [0.25, 0.3) is 0 Å². The number of hydrogen-bond donors (Lipinski definition) is 0. The summed E-state index contributed by atoms with van der Waals surface area (Å²) >= 11 is 0. The quantitative estimate of drug-likeness (QED) is 0.576. The number of hydrogen-bond acceptors (Lipinski definition) is 5. The van der Waals surface area contributed by atoms with Crippen LogP contribution in [0.1, 0.15) is 46.0 Å². The summed E-state index contributed by atoms with van der Waals surface area (Å²) in [6.45, 7) is 5.62. The Labute approximate surface area is 126 Å². The molecule has 0 aromatic rings. The van der Waals surface area contributed by atoms with Crippen molar-refractivity contribution in [2.45, 2.75) is 52.2 Å². The fraction of sp³-hybridized carbons (Fsp3) is 0.875. The van der Waals surface area contributed by atoms with Crippen LogP contribution in [0.4, 0.5) is 0 Å². The molecule has 2 fully saturated rings. The van der Waals surface area contributed by atoms with Crippen molar-refractivity contribution in [3.63, 3.8) is 0 Å². The Morgan fingerprint density at radius 3 is 2.52 bits per heavy atom. The molecule has 2 rings (SSSR count). The van der Waals surface area contributed by atoms with E-state index in [4.69, 9.17) is 9.47 Å². The van der Waals surface area contributed by atoms with Gasteiger partial charge in [-0.1, -0.05) is 20.3 Å². The highest BCUT2D eigenvalue weighted by molar-refractivity contribution is 5.95. The van der Waals surface area contributed by atoms with E-state index in [1.54, 1.807) is 0 Å². The van der Waals surface area contributed by atoms with E-state index in [1.807, 2.05) is 0 Å². The molecule has 0 N–H and O–H groups in total. The van der Waals surface area contributed by atoms with Crippen LogP contribution in [0.3, 0.4) is 0 Å². The number of carbonyl (C=O) groups is 2. The summed E-state index contributed by atoms with van der Waals surface area (Å²) in [5.41, 5.74) is -0.166. The van der Waals surface area contributed by atoms with E-state index >= 15 is 0 Å². The number of ether oxygens (including phenoxy) is 3. The van der Waals surface area contributed by atoms with Gasteiger partial charge in [-0.25, -0.2) is 0 Å². The van der Waals surface area contributed by atoms with Crippen molar-refractivity contribution in [2.24, 2.45) is 17.3 Å². The Balaban J connectivity index is 2.07. The molecule has 0 radical (unpaired) electrons. The molecule has 1 heterocycles. The average molecular weight is 298 g/mol. The van der Waals surface area contributed by atoms with Gasteiger partial charge in [0.15, 0.2) is 6.29 Å². The van der Waals surface area contributed by atoms with Crippen molar-refractivity contribution < 1.29 is 23.8 Å². The first-order valence-corrected chi connectivity index (χ1v) is 7.80. The molecule has 5 nitrogen and oxygen atoms in total. The van der Waals surface area contributed by atoms with Crippen LogP contribution < -0.4 is 0 Å². The molecule has 0 aromatic heterocycles.